The highest BCUT2D eigenvalue weighted by Gasteiger charge is 2.11. The van der Waals surface area contributed by atoms with Gasteiger partial charge >= 0.3 is 5.97 Å². The van der Waals surface area contributed by atoms with Crippen molar-refractivity contribution in [3.63, 3.8) is 0 Å². The molecule has 0 unspecified atom stereocenters. The number of aromatic nitrogens is 2. The molecule has 0 aliphatic carbocycles. The highest BCUT2D eigenvalue weighted by Crippen LogP contribution is 2.23. The number of esters is 1. The van der Waals surface area contributed by atoms with Gasteiger partial charge < -0.3 is 14.0 Å². The molecule has 32 heavy (non-hydrogen) atoms. The van der Waals surface area contributed by atoms with Gasteiger partial charge in [0.25, 0.3) is 0 Å². The summed E-state index contributed by atoms with van der Waals surface area (Å²) in [4.78, 5) is 16.0. The first-order valence-electron chi connectivity index (χ1n) is 10.2. The molecule has 0 spiro atoms. The van der Waals surface area contributed by atoms with E-state index in [0.29, 0.717) is 11.3 Å². The van der Waals surface area contributed by atoms with E-state index in [1.54, 1.807) is 24.5 Å². The zero-order valence-corrected chi connectivity index (χ0v) is 18.2. The Bertz CT molecular complexity index is 1270. The molecule has 1 N–H and O–H groups in total. The molecule has 0 atom stereocenters. The molecule has 0 bridgehead atoms. The average Bonchev–Trinajstić information content (AvgIpc) is 3.11. The number of carbonyl (C=O) groups excluding carboxylic acids is 1. The first-order valence-corrected chi connectivity index (χ1v) is 10.2. The highest BCUT2D eigenvalue weighted by molar-refractivity contribution is 5.89. The minimum absolute atomic E-state index is 0.222. The van der Waals surface area contributed by atoms with Crippen molar-refractivity contribution in [3.8, 4) is 11.4 Å². The summed E-state index contributed by atoms with van der Waals surface area (Å²) in [5, 5.41) is 5.33. The molecule has 0 fully saturated rings. The van der Waals surface area contributed by atoms with Gasteiger partial charge in [0, 0.05) is 34.2 Å². The molecule has 2 aromatic heterocycles. The van der Waals surface area contributed by atoms with Crippen LogP contribution >= 0.6 is 0 Å². The van der Waals surface area contributed by atoms with E-state index in [4.69, 9.17) is 9.47 Å². The van der Waals surface area contributed by atoms with Crippen molar-refractivity contribution in [2.24, 2.45) is 5.10 Å². The Balaban J connectivity index is 1.42. The van der Waals surface area contributed by atoms with Gasteiger partial charge in [-0.1, -0.05) is 18.2 Å². The summed E-state index contributed by atoms with van der Waals surface area (Å²) in [6, 6.07) is 19.1. The number of nitrogens with one attached hydrogen (secondary N) is 1. The van der Waals surface area contributed by atoms with Crippen LogP contribution in [0.15, 0.2) is 72.0 Å². The van der Waals surface area contributed by atoms with E-state index in [0.717, 1.165) is 33.5 Å². The molecule has 2 aromatic carbocycles. The summed E-state index contributed by atoms with van der Waals surface area (Å²) in [6.45, 7) is 4.28. The molecule has 162 valence electrons. The van der Waals surface area contributed by atoms with Crippen LogP contribution in [0.1, 0.15) is 27.3 Å². The van der Waals surface area contributed by atoms with E-state index in [1.807, 2.05) is 56.3 Å². The van der Waals surface area contributed by atoms with E-state index >= 15 is 0 Å². The van der Waals surface area contributed by atoms with Gasteiger partial charge in [-0.05, 0) is 56.3 Å². The molecule has 4 rings (SSSR count). The molecule has 7 heteroatoms. The predicted octanol–water partition coefficient (Wildman–Crippen LogP) is 4.39. The van der Waals surface area contributed by atoms with Crippen LogP contribution in [0.2, 0.25) is 0 Å². The molecule has 0 aliphatic heterocycles. The summed E-state index contributed by atoms with van der Waals surface area (Å²) < 4.78 is 12.7. The van der Waals surface area contributed by atoms with Crippen LogP contribution < -0.4 is 10.2 Å². The van der Waals surface area contributed by atoms with Crippen molar-refractivity contribution >= 4 is 23.1 Å². The zero-order chi connectivity index (χ0) is 22.5. The number of aryl methyl sites for hydroxylation is 1. The number of para-hydroxylation sites is 1. The Morgan fingerprint density at radius 2 is 1.91 bits per heavy atom. The number of nitrogens with zero attached hydrogens (tertiary/aromatic N) is 3. The molecule has 0 aliphatic rings. The molecule has 0 saturated heterocycles. The van der Waals surface area contributed by atoms with Crippen LogP contribution in [0.25, 0.3) is 16.6 Å². The number of hydrogen-bond acceptors (Lipinski definition) is 6. The third-order valence-corrected chi connectivity index (χ3v) is 5.20. The van der Waals surface area contributed by atoms with E-state index in [9.17, 15) is 4.79 Å². The summed E-state index contributed by atoms with van der Waals surface area (Å²) in [6.07, 6.45) is 3.52. The minimum Gasteiger partial charge on any atom is -0.470 e. The SMILES string of the molecule is COC(=O)c1ccc(-n2c(C)cc(/C=N\NCOc3cccc4cccnc34)c2C)cc1. The monoisotopic (exact) mass is 428 g/mol. The number of rotatable bonds is 7. The maximum atomic E-state index is 11.7. The smallest absolute Gasteiger partial charge is 0.337 e. The highest BCUT2D eigenvalue weighted by atomic mass is 16.5. The van der Waals surface area contributed by atoms with Crippen molar-refractivity contribution in [1.82, 2.24) is 15.0 Å². The lowest BCUT2D eigenvalue weighted by Gasteiger charge is -2.10. The maximum Gasteiger partial charge on any atom is 0.337 e. The predicted molar refractivity (Wildman–Crippen MR) is 125 cm³/mol. The number of hydrogen-bond donors (Lipinski definition) is 1. The van der Waals surface area contributed by atoms with Gasteiger partial charge in [0.2, 0.25) is 0 Å². The second-order valence-corrected chi connectivity index (χ2v) is 7.24. The van der Waals surface area contributed by atoms with E-state index in [2.05, 4.69) is 26.1 Å². The van der Waals surface area contributed by atoms with Gasteiger partial charge in [0.15, 0.2) is 6.73 Å². The van der Waals surface area contributed by atoms with Crippen LogP contribution in [0, 0.1) is 13.8 Å². The van der Waals surface area contributed by atoms with E-state index < -0.39 is 0 Å². The minimum atomic E-state index is -0.349. The first-order chi connectivity index (χ1) is 15.6. The first kappa shape index (κ1) is 21.1. The Hall–Kier alpha value is -4.13. The van der Waals surface area contributed by atoms with Crippen LogP contribution in [0.5, 0.6) is 5.75 Å². The lowest BCUT2D eigenvalue weighted by Crippen LogP contribution is -2.14. The fourth-order valence-electron chi connectivity index (χ4n) is 3.64. The normalized spacial score (nSPS) is 11.1. The molecular weight excluding hydrogens is 404 g/mol. The third kappa shape index (κ3) is 4.32. The third-order valence-electron chi connectivity index (χ3n) is 5.20. The van der Waals surface area contributed by atoms with E-state index in [1.165, 1.54) is 7.11 Å². The Morgan fingerprint density at radius 1 is 1.12 bits per heavy atom. The molecule has 0 radical (unpaired) electrons. The average molecular weight is 428 g/mol. The largest absolute Gasteiger partial charge is 0.470 e. The Labute approximate surface area is 186 Å². The van der Waals surface area contributed by atoms with Crippen molar-refractivity contribution in [3.05, 3.63) is 89.4 Å². The molecule has 7 nitrogen and oxygen atoms in total. The number of methoxy groups -OCH3 is 1. The summed E-state index contributed by atoms with van der Waals surface area (Å²) >= 11 is 0. The standard InChI is InChI=1S/C25H24N4O3/c1-17-14-21(18(2)29(17)22-11-9-20(10-12-22)25(30)31-3)15-27-28-16-32-23-8-4-6-19-7-5-13-26-24(19)23/h4-15,28H,16H2,1-3H3/b27-15-. The molecule has 0 amide bonds. The molecular formula is C25H24N4O3. The van der Waals surface area contributed by atoms with Crippen molar-refractivity contribution in [2.75, 3.05) is 13.8 Å². The molecule has 2 heterocycles. The topological polar surface area (TPSA) is 77.7 Å². The fourth-order valence-corrected chi connectivity index (χ4v) is 3.64. The maximum absolute atomic E-state index is 11.7. The quantitative estimate of drug-likeness (QED) is 0.155. The lowest BCUT2D eigenvalue weighted by atomic mass is 10.2. The number of carbonyl (C=O) groups is 1. The molecule has 0 saturated carbocycles. The van der Waals surface area contributed by atoms with Gasteiger partial charge in [-0.25, -0.2) is 4.79 Å². The van der Waals surface area contributed by atoms with Gasteiger partial charge in [-0.15, -0.1) is 0 Å². The van der Waals surface area contributed by atoms with Crippen LogP contribution in [0.4, 0.5) is 0 Å². The zero-order valence-electron chi connectivity index (χ0n) is 18.2. The fraction of sp³-hybridized carbons (Fsp3) is 0.160. The Kier molecular flexibility index (Phi) is 6.17. The summed E-state index contributed by atoms with van der Waals surface area (Å²) in [7, 11) is 1.38. The van der Waals surface area contributed by atoms with Crippen molar-refractivity contribution in [1.29, 1.82) is 0 Å². The van der Waals surface area contributed by atoms with Crippen LogP contribution in [-0.4, -0.2) is 35.6 Å². The number of benzene rings is 2. The summed E-state index contributed by atoms with van der Waals surface area (Å²) in [5.74, 6) is 0.359. The number of pyridine rings is 1. The molecule has 4 aromatic rings. The van der Waals surface area contributed by atoms with Gasteiger partial charge in [0.05, 0.1) is 18.9 Å². The van der Waals surface area contributed by atoms with Crippen molar-refractivity contribution in [2.45, 2.75) is 13.8 Å². The van der Waals surface area contributed by atoms with Gasteiger partial charge in [0.1, 0.15) is 11.3 Å². The lowest BCUT2D eigenvalue weighted by molar-refractivity contribution is 0.0600. The number of hydrazone groups is 1. The number of fused-ring (bicyclic) bond motifs is 1. The number of ether oxygens (including phenoxy) is 2. The van der Waals surface area contributed by atoms with Gasteiger partial charge in [-0.3, -0.25) is 10.4 Å². The van der Waals surface area contributed by atoms with Gasteiger partial charge in [-0.2, -0.15) is 5.10 Å². The second-order valence-electron chi connectivity index (χ2n) is 7.24. The second kappa shape index (κ2) is 9.34. The van der Waals surface area contributed by atoms with E-state index in [-0.39, 0.29) is 12.7 Å². The van der Waals surface area contributed by atoms with Crippen LogP contribution in [-0.2, 0) is 4.74 Å². The van der Waals surface area contributed by atoms with Crippen LogP contribution in [0.3, 0.4) is 0 Å². The Morgan fingerprint density at radius 3 is 2.69 bits per heavy atom. The van der Waals surface area contributed by atoms with Crippen molar-refractivity contribution < 1.29 is 14.3 Å². The summed E-state index contributed by atoms with van der Waals surface area (Å²) in [5.41, 5.74) is 8.32.